The number of benzene rings is 1. The summed E-state index contributed by atoms with van der Waals surface area (Å²) in [5.41, 5.74) is 1.47. The van der Waals surface area contributed by atoms with Crippen LogP contribution in [0.1, 0.15) is 31.4 Å². The minimum absolute atomic E-state index is 0.586. The first kappa shape index (κ1) is 11.2. The topological polar surface area (TPSA) is 15.3 Å². The third kappa shape index (κ3) is 2.24. The molecule has 1 unspecified atom stereocenters. The van der Waals surface area contributed by atoms with Crippen LogP contribution in [0.5, 0.6) is 0 Å². The largest absolute Gasteiger partial charge is 0.314 e. The second-order valence-electron chi connectivity index (χ2n) is 5.60. The van der Waals surface area contributed by atoms with Crippen LogP contribution >= 0.6 is 0 Å². The van der Waals surface area contributed by atoms with Gasteiger partial charge in [-0.15, -0.1) is 0 Å². The molecule has 1 heterocycles. The average Bonchev–Trinajstić information content (AvgIpc) is 2.36. The minimum atomic E-state index is 0.586. The molecule has 1 aromatic carbocycles. The molecule has 1 saturated carbocycles. The molecule has 1 saturated heterocycles. The lowest BCUT2D eigenvalue weighted by Crippen LogP contribution is -2.54. The van der Waals surface area contributed by atoms with Crippen LogP contribution in [0.25, 0.3) is 0 Å². The number of rotatable bonds is 2. The second-order valence-corrected chi connectivity index (χ2v) is 5.60. The maximum absolute atomic E-state index is 3.54. The van der Waals surface area contributed by atoms with Crippen LogP contribution in [-0.4, -0.2) is 30.6 Å². The van der Waals surface area contributed by atoms with E-state index in [4.69, 9.17) is 0 Å². The first-order valence-corrected chi connectivity index (χ1v) is 6.86. The average molecular weight is 230 g/mol. The molecule has 2 heteroatoms. The van der Waals surface area contributed by atoms with Crippen molar-refractivity contribution in [3.05, 3.63) is 35.9 Å². The SMILES string of the molecule is CC1CC(N2CCNCC2c2ccccc2)C1. The van der Waals surface area contributed by atoms with Crippen LogP contribution in [0.15, 0.2) is 30.3 Å². The van der Waals surface area contributed by atoms with Crippen LogP contribution in [0.3, 0.4) is 0 Å². The van der Waals surface area contributed by atoms with E-state index in [0.717, 1.165) is 25.0 Å². The van der Waals surface area contributed by atoms with Crippen LogP contribution in [0.4, 0.5) is 0 Å². The van der Waals surface area contributed by atoms with E-state index in [2.05, 4.69) is 47.5 Å². The zero-order valence-electron chi connectivity index (χ0n) is 10.6. The van der Waals surface area contributed by atoms with Crippen molar-refractivity contribution in [1.82, 2.24) is 10.2 Å². The van der Waals surface area contributed by atoms with Gasteiger partial charge in [0.05, 0.1) is 0 Å². The van der Waals surface area contributed by atoms with E-state index in [1.807, 2.05) is 0 Å². The Morgan fingerprint density at radius 3 is 2.65 bits per heavy atom. The molecule has 0 aromatic heterocycles. The lowest BCUT2D eigenvalue weighted by molar-refractivity contribution is 0.0324. The molecule has 0 bridgehead atoms. The van der Waals surface area contributed by atoms with E-state index in [1.165, 1.54) is 24.9 Å². The lowest BCUT2D eigenvalue weighted by atomic mass is 9.79. The summed E-state index contributed by atoms with van der Waals surface area (Å²) in [6.07, 6.45) is 2.78. The summed E-state index contributed by atoms with van der Waals surface area (Å²) in [7, 11) is 0. The van der Waals surface area contributed by atoms with Gasteiger partial charge in [0.15, 0.2) is 0 Å². The van der Waals surface area contributed by atoms with Gasteiger partial charge in [-0.25, -0.2) is 0 Å². The maximum Gasteiger partial charge on any atom is 0.0476 e. The van der Waals surface area contributed by atoms with Crippen LogP contribution in [-0.2, 0) is 0 Å². The second kappa shape index (κ2) is 4.79. The molecular formula is C15H22N2. The van der Waals surface area contributed by atoms with Gasteiger partial charge >= 0.3 is 0 Å². The smallest absolute Gasteiger partial charge is 0.0476 e. The molecule has 0 amide bonds. The summed E-state index contributed by atoms with van der Waals surface area (Å²) in [5.74, 6) is 0.936. The Bertz CT molecular complexity index is 356. The quantitative estimate of drug-likeness (QED) is 0.839. The van der Waals surface area contributed by atoms with Crippen molar-refractivity contribution >= 4 is 0 Å². The molecule has 1 N–H and O–H groups in total. The predicted molar refractivity (Wildman–Crippen MR) is 70.9 cm³/mol. The van der Waals surface area contributed by atoms with Gasteiger partial charge < -0.3 is 5.32 Å². The monoisotopic (exact) mass is 230 g/mol. The van der Waals surface area contributed by atoms with E-state index in [0.29, 0.717) is 6.04 Å². The molecule has 17 heavy (non-hydrogen) atoms. The Hall–Kier alpha value is -0.860. The van der Waals surface area contributed by atoms with Crippen molar-refractivity contribution in [2.75, 3.05) is 19.6 Å². The molecule has 1 aliphatic carbocycles. The molecule has 2 nitrogen and oxygen atoms in total. The van der Waals surface area contributed by atoms with Gasteiger partial charge in [0.2, 0.25) is 0 Å². The molecular weight excluding hydrogens is 208 g/mol. The van der Waals surface area contributed by atoms with Gasteiger partial charge in [-0.1, -0.05) is 37.3 Å². The van der Waals surface area contributed by atoms with Gasteiger partial charge in [0, 0.05) is 31.7 Å². The Labute approximate surface area is 104 Å². The van der Waals surface area contributed by atoms with E-state index in [9.17, 15) is 0 Å². The molecule has 1 atom stereocenters. The Morgan fingerprint density at radius 2 is 1.94 bits per heavy atom. The van der Waals surface area contributed by atoms with Crippen LogP contribution in [0.2, 0.25) is 0 Å². The molecule has 2 fully saturated rings. The third-order valence-corrected chi connectivity index (χ3v) is 4.29. The van der Waals surface area contributed by atoms with Gasteiger partial charge in [0.25, 0.3) is 0 Å². The fourth-order valence-corrected chi connectivity index (χ4v) is 3.27. The first-order chi connectivity index (χ1) is 8.34. The number of hydrogen-bond donors (Lipinski definition) is 1. The molecule has 92 valence electrons. The van der Waals surface area contributed by atoms with Crippen molar-refractivity contribution in [3.63, 3.8) is 0 Å². The molecule has 0 spiro atoms. The van der Waals surface area contributed by atoms with Crippen molar-refractivity contribution in [2.24, 2.45) is 5.92 Å². The fourth-order valence-electron chi connectivity index (χ4n) is 3.27. The number of nitrogens with one attached hydrogen (secondary N) is 1. The fraction of sp³-hybridized carbons (Fsp3) is 0.600. The molecule has 2 aliphatic rings. The summed E-state index contributed by atoms with van der Waals surface area (Å²) >= 11 is 0. The number of piperazine rings is 1. The first-order valence-electron chi connectivity index (χ1n) is 6.86. The van der Waals surface area contributed by atoms with Gasteiger partial charge in [-0.2, -0.15) is 0 Å². The summed E-state index contributed by atoms with van der Waals surface area (Å²) in [6.45, 7) is 5.83. The zero-order chi connectivity index (χ0) is 11.7. The molecule has 0 radical (unpaired) electrons. The van der Waals surface area contributed by atoms with Gasteiger partial charge in [-0.3, -0.25) is 4.90 Å². The van der Waals surface area contributed by atoms with Crippen molar-refractivity contribution < 1.29 is 0 Å². The van der Waals surface area contributed by atoms with Crippen LogP contribution < -0.4 is 5.32 Å². The van der Waals surface area contributed by atoms with E-state index >= 15 is 0 Å². The normalized spacial score (nSPS) is 34.3. The summed E-state index contributed by atoms with van der Waals surface area (Å²) in [5, 5.41) is 3.54. The zero-order valence-corrected chi connectivity index (χ0v) is 10.6. The maximum atomic E-state index is 3.54. The molecule has 3 rings (SSSR count). The van der Waals surface area contributed by atoms with Crippen molar-refractivity contribution in [1.29, 1.82) is 0 Å². The van der Waals surface area contributed by atoms with E-state index < -0.39 is 0 Å². The Balaban J connectivity index is 1.76. The van der Waals surface area contributed by atoms with E-state index in [1.54, 1.807) is 0 Å². The third-order valence-electron chi connectivity index (χ3n) is 4.29. The summed E-state index contributed by atoms with van der Waals surface area (Å²) in [4.78, 5) is 2.73. The highest BCUT2D eigenvalue weighted by molar-refractivity contribution is 5.20. The minimum Gasteiger partial charge on any atom is -0.314 e. The van der Waals surface area contributed by atoms with Crippen molar-refractivity contribution in [2.45, 2.75) is 31.8 Å². The summed E-state index contributed by atoms with van der Waals surface area (Å²) < 4.78 is 0. The highest BCUT2D eigenvalue weighted by atomic mass is 15.2. The molecule has 1 aliphatic heterocycles. The highest BCUT2D eigenvalue weighted by Gasteiger charge is 2.36. The number of nitrogens with zero attached hydrogens (tertiary/aromatic N) is 1. The van der Waals surface area contributed by atoms with Gasteiger partial charge in [0.1, 0.15) is 0 Å². The Morgan fingerprint density at radius 1 is 1.18 bits per heavy atom. The van der Waals surface area contributed by atoms with Crippen LogP contribution in [0, 0.1) is 5.92 Å². The Kier molecular flexibility index (Phi) is 3.17. The predicted octanol–water partition coefficient (Wildman–Crippen LogP) is 2.43. The summed E-state index contributed by atoms with van der Waals surface area (Å²) in [6, 6.07) is 12.4. The highest BCUT2D eigenvalue weighted by Crippen LogP contribution is 2.36. The van der Waals surface area contributed by atoms with Crippen molar-refractivity contribution in [3.8, 4) is 0 Å². The lowest BCUT2D eigenvalue weighted by Gasteiger charge is -2.48. The molecule has 1 aromatic rings. The number of hydrogen-bond acceptors (Lipinski definition) is 2. The standard InChI is InChI=1S/C15H22N2/c1-12-9-14(10-12)17-8-7-16-11-15(17)13-5-3-2-4-6-13/h2-6,12,14-16H,7-11H2,1H3. The van der Waals surface area contributed by atoms with Gasteiger partial charge in [-0.05, 0) is 24.3 Å². The van der Waals surface area contributed by atoms with E-state index in [-0.39, 0.29) is 0 Å².